The molecule has 10 rings (SSSR count). The van der Waals surface area contributed by atoms with Crippen molar-refractivity contribution in [1.29, 1.82) is 0 Å². The molecular formula is C53H54N4O3. The molecule has 2 fully saturated rings. The zero-order chi connectivity index (χ0) is 41.3. The Hall–Kier alpha value is -5.63. The fourth-order valence-corrected chi connectivity index (χ4v) is 11.4. The second kappa shape index (κ2) is 14.8. The number of pyridine rings is 2. The Labute approximate surface area is 353 Å². The third-order valence-electron chi connectivity index (χ3n) is 14.3. The molecule has 60 heavy (non-hydrogen) atoms. The fraction of sp³-hybridized carbons (Fsp3) is 0.340. The van der Waals surface area contributed by atoms with Crippen LogP contribution < -0.4 is 9.80 Å². The van der Waals surface area contributed by atoms with Crippen molar-refractivity contribution in [1.82, 2.24) is 9.97 Å². The monoisotopic (exact) mass is 794 g/mol. The predicted octanol–water partition coefficient (Wildman–Crippen LogP) is 10.5. The molecule has 7 nitrogen and oxygen atoms in total. The normalized spacial score (nSPS) is 23.1. The van der Waals surface area contributed by atoms with Crippen LogP contribution in [0.3, 0.4) is 0 Å². The minimum absolute atomic E-state index is 0.191. The zero-order valence-electron chi connectivity index (χ0n) is 35.1. The summed E-state index contributed by atoms with van der Waals surface area (Å²) in [6, 6.07) is 38.3. The molecule has 0 bridgehead atoms. The molecular weight excluding hydrogens is 741 g/mol. The van der Waals surface area contributed by atoms with E-state index in [2.05, 4.69) is 122 Å². The minimum Gasteiger partial charge on any atom is -0.388 e. The Morgan fingerprint density at radius 2 is 1.03 bits per heavy atom. The number of benzene rings is 4. The van der Waals surface area contributed by atoms with Crippen molar-refractivity contribution in [2.45, 2.75) is 88.3 Å². The molecule has 2 aromatic heterocycles. The first kappa shape index (κ1) is 38.6. The van der Waals surface area contributed by atoms with Crippen LogP contribution in [0.2, 0.25) is 0 Å². The largest absolute Gasteiger partial charge is 0.388 e. The van der Waals surface area contributed by atoms with Gasteiger partial charge in [-0.3, -0.25) is 14.8 Å². The van der Waals surface area contributed by atoms with Gasteiger partial charge in [-0.1, -0.05) is 100 Å². The number of ketones is 1. The molecule has 4 aromatic carbocycles. The number of hydrogen-bond donors (Lipinski definition) is 2. The number of nitrogens with zero attached hydrogens (tertiary/aromatic N) is 4. The molecule has 4 aliphatic rings. The summed E-state index contributed by atoms with van der Waals surface area (Å²) >= 11 is 0. The molecule has 2 N–H and O–H groups in total. The lowest BCUT2D eigenvalue weighted by atomic mass is 9.80. The first-order valence-corrected chi connectivity index (χ1v) is 21.8. The molecule has 304 valence electrons. The molecule has 2 spiro atoms. The Kier molecular flexibility index (Phi) is 9.53. The van der Waals surface area contributed by atoms with E-state index in [4.69, 9.17) is 9.97 Å². The van der Waals surface area contributed by atoms with Gasteiger partial charge in [0.2, 0.25) is 5.78 Å². The summed E-state index contributed by atoms with van der Waals surface area (Å²) in [6.07, 6.45) is 5.38. The molecule has 2 aliphatic carbocycles. The highest BCUT2D eigenvalue weighted by Crippen LogP contribution is 2.54. The van der Waals surface area contributed by atoms with Gasteiger partial charge >= 0.3 is 0 Å². The van der Waals surface area contributed by atoms with Crippen LogP contribution in [0.4, 0.5) is 11.4 Å². The highest BCUT2D eigenvalue weighted by atomic mass is 16.3. The molecule has 7 heteroatoms. The number of aliphatic hydroxyl groups is 2. The average Bonchev–Trinajstić information content (AvgIpc) is 4.04. The molecule has 4 unspecified atom stereocenters. The molecule has 2 saturated heterocycles. The highest BCUT2D eigenvalue weighted by Gasteiger charge is 2.50. The van der Waals surface area contributed by atoms with Crippen molar-refractivity contribution in [3.8, 4) is 22.3 Å². The van der Waals surface area contributed by atoms with Gasteiger partial charge in [-0.05, 0) is 130 Å². The second-order valence-corrected chi connectivity index (χ2v) is 18.5. The highest BCUT2D eigenvalue weighted by molar-refractivity contribution is 6.13. The molecule has 6 aromatic rings. The van der Waals surface area contributed by atoms with E-state index in [0.29, 0.717) is 49.2 Å². The average molecular weight is 795 g/mol. The van der Waals surface area contributed by atoms with Gasteiger partial charge in [-0.2, -0.15) is 0 Å². The van der Waals surface area contributed by atoms with Crippen LogP contribution in [0.1, 0.15) is 127 Å². The molecule has 0 saturated carbocycles. The van der Waals surface area contributed by atoms with E-state index in [1.165, 1.54) is 33.4 Å². The van der Waals surface area contributed by atoms with Crippen molar-refractivity contribution >= 4 is 17.2 Å². The summed E-state index contributed by atoms with van der Waals surface area (Å²) < 4.78 is 0. The smallest absolute Gasteiger partial charge is 0.233 e. The number of aliphatic hydroxyl groups excluding tert-OH is 2. The number of carbonyl (C=O) groups excluding carboxylic acids is 1. The molecule has 2 aliphatic heterocycles. The summed E-state index contributed by atoms with van der Waals surface area (Å²) in [4.78, 5) is 28.8. The van der Waals surface area contributed by atoms with E-state index < -0.39 is 12.2 Å². The lowest BCUT2D eigenvalue weighted by molar-refractivity contribution is 0.103. The van der Waals surface area contributed by atoms with E-state index >= 15 is 0 Å². The number of hydrogen-bond acceptors (Lipinski definition) is 7. The Balaban J connectivity index is 0.912. The third kappa shape index (κ3) is 6.28. The van der Waals surface area contributed by atoms with Gasteiger partial charge < -0.3 is 20.0 Å². The predicted molar refractivity (Wildman–Crippen MR) is 240 cm³/mol. The summed E-state index contributed by atoms with van der Waals surface area (Å²) in [7, 11) is 0. The van der Waals surface area contributed by atoms with E-state index in [1.807, 2.05) is 24.3 Å². The van der Waals surface area contributed by atoms with E-state index in [-0.39, 0.29) is 16.6 Å². The van der Waals surface area contributed by atoms with Crippen molar-refractivity contribution in [2.75, 3.05) is 36.0 Å². The number of rotatable bonds is 8. The van der Waals surface area contributed by atoms with Gasteiger partial charge in [0, 0.05) is 49.4 Å². The van der Waals surface area contributed by atoms with Crippen molar-refractivity contribution in [3.05, 3.63) is 166 Å². The zero-order valence-corrected chi connectivity index (χ0v) is 35.1. The van der Waals surface area contributed by atoms with Gasteiger partial charge in [0.1, 0.15) is 11.4 Å². The van der Waals surface area contributed by atoms with Gasteiger partial charge in [0.05, 0.1) is 23.6 Å². The van der Waals surface area contributed by atoms with Crippen LogP contribution in [0, 0.1) is 0 Å². The maximum Gasteiger partial charge on any atom is 0.233 e. The van der Waals surface area contributed by atoms with E-state index in [9.17, 15) is 15.0 Å². The van der Waals surface area contributed by atoms with E-state index in [1.54, 1.807) is 12.4 Å². The molecule has 4 heterocycles. The van der Waals surface area contributed by atoms with Crippen molar-refractivity contribution < 1.29 is 15.0 Å². The van der Waals surface area contributed by atoms with E-state index in [0.717, 1.165) is 59.6 Å². The van der Waals surface area contributed by atoms with Gasteiger partial charge in [0.15, 0.2) is 0 Å². The van der Waals surface area contributed by atoms with Crippen LogP contribution in [-0.2, 0) is 10.8 Å². The van der Waals surface area contributed by atoms with Crippen LogP contribution in [0.25, 0.3) is 22.3 Å². The number of aromatic nitrogens is 2. The number of fused-ring (bicyclic) bond motifs is 4. The first-order chi connectivity index (χ1) is 29.1. The topological polar surface area (TPSA) is 89.8 Å². The van der Waals surface area contributed by atoms with Crippen LogP contribution in [0.5, 0.6) is 0 Å². The quantitative estimate of drug-likeness (QED) is 0.148. The standard InChI is InChI=1S/C53H54N4O3/c1-33(2)37-11-5-7-13-39(37)35-17-19-43-41(27-35)47(58)29-52(43)21-25-56(31-52)45-15-9-23-54-49(45)51(60)50-46(16-10-24-55-50)57-26-22-53(32-57)30-48(59)42-28-36(18-20-44(42)53)40-14-8-6-12-38(40)34(3)4/h5-20,23-24,27-28,33-34,47-48,58-59H,21-22,25-26,29-32H2,1-4H3. The lowest BCUT2D eigenvalue weighted by Crippen LogP contribution is -2.31. The molecule has 0 radical (unpaired) electrons. The van der Waals surface area contributed by atoms with Crippen molar-refractivity contribution in [3.63, 3.8) is 0 Å². The molecule has 0 amide bonds. The number of carbonyl (C=O) groups is 1. The minimum atomic E-state index is -0.544. The first-order valence-electron chi connectivity index (χ1n) is 21.8. The van der Waals surface area contributed by atoms with Crippen molar-refractivity contribution in [2.24, 2.45) is 0 Å². The molecule has 4 atom stereocenters. The lowest BCUT2D eigenvalue weighted by Gasteiger charge is -2.28. The Morgan fingerprint density at radius 3 is 1.47 bits per heavy atom. The Bertz CT molecular complexity index is 2460. The maximum absolute atomic E-state index is 14.8. The fourth-order valence-electron chi connectivity index (χ4n) is 11.4. The SMILES string of the molecule is CC(C)c1ccccc1-c1ccc2c(c1)C(O)CC21CCN(c2cccnc2C(=O)c2ncccc2N2CCC3(CC(O)c4cc(-c5ccccc5C(C)C)ccc43)C2)C1. The van der Waals surface area contributed by atoms with Gasteiger partial charge in [-0.15, -0.1) is 0 Å². The van der Waals surface area contributed by atoms with Gasteiger partial charge in [0.25, 0.3) is 0 Å². The summed E-state index contributed by atoms with van der Waals surface area (Å²) in [5, 5.41) is 23.1. The Morgan fingerprint density at radius 1 is 0.600 bits per heavy atom. The van der Waals surface area contributed by atoms with Crippen LogP contribution in [0.15, 0.2) is 122 Å². The van der Waals surface area contributed by atoms with Crippen LogP contribution in [-0.4, -0.2) is 52.1 Å². The summed E-state index contributed by atoms with van der Waals surface area (Å²) in [6.45, 7) is 11.8. The number of anilines is 2. The second-order valence-electron chi connectivity index (χ2n) is 18.5. The van der Waals surface area contributed by atoms with Crippen LogP contribution >= 0.6 is 0 Å². The maximum atomic E-state index is 14.8. The summed E-state index contributed by atoms with van der Waals surface area (Å²) in [5.74, 6) is 0.598. The summed E-state index contributed by atoms with van der Waals surface area (Å²) in [5.41, 5.74) is 13.8. The third-order valence-corrected chi connectivity index (χ3v) is 14.3. The van der Waals surface area contributed by atoms with Gasteiger partial charge in [-0.25, -0.2) is 0 Å².